The number of rotatable bonds is 6. The number of halogens is 1. The van der Waals surface area contributed by atoms with Crippen molar-refractivity contribution in [3.05, 3.63) is 58.6 Å². The molecular formula is C19H22ClN3O2. The molecule has 1 atom stereocenters. The molecule has 1 fully saturated rings. The standard InChI is InChI=1S/C19H22ClN3O2/c20-16-6-3-14(4-7-16)5-8-18(24)22-12-17-9-10-21-19(23-17)15-2-1-11-25-13-15/h3-4,6-7,9-10,15H,1-2,5,8,11-13H2,(H,22,24)/t15-/m1/s1. The Morgan fingerprint density at radius 3 is 2.88 bits per heavy atom. The minimum absolute atomic E-state index is 0.0103. The molecular weight excluding hydrogens is 338 g/mol. The molecule has 0 bridgehead atoms. The fourth-order valence-corrected chi connectivity index (χ4v) is 2.96. The van der Waals surface area contributed by atoms with E-state index in [2.05, 4.69) is 15.3 Å². The number of nitrogens with zero attached hydrogens (tertiary/aromatic N) is 2. The zero-order valence-electron chi connectivity index (χ0n) is 14.1. The number of aryl methyl sites for hydroxylation is 1. The number of aromatic nitrogens is 2. The molecule has 1 aliphatic heterocycles. The number of carbonyl (C=O) groups is 1. The number of carbonyl (C=O) groups excluding carboxylic acids is 1. The van der Waals surface area contributed by atoms with Crippen LogP contribution in [0.1, 0.15) is 42.3 Å². The molecule has 0 spiro atoms. The second-order valence-electron chi connectivity index (χ2n) is 6.22. The summed E-state index contributed by atoms with van der Waals surface area (Å²) in [4.78, 5) is 21.0. The lowest BCUT2D eigenvalue weighted by atomic mass is 10.0. The molecule has 2 aromatic rings. The largest absolute Gasteiger partial charge is 0.381 e. The van der Waals surface area contributed by atoms with E-state index in [9.17, 15) is 4.79 Å². The summed E-state index contributed by atoms with van der Waals surface area (Å²) in [6, 6.07) is 9.40. The summed E-state index contributed by atoms with van der Waals surface area (Å²) in [5.41, 5.74) is 1.93. The molecule has 1 saturated heterocycles. The second-order valence-corrected chi connectivity index (χ2v) is 6.66. The number of amides is 1. The third-order valence-corrected chi connectivity index (χ3v) is 4.53. The van der Waals surface area contributed by atoms with Crippen molar-refractivity contribution in [3.8, 4) is 0 Å². The van der Waals surface area contributed by atoms with E-state index in [0.29, 0.717) is 31.0 Å². The SMILES string of the molecule is O=C(CCc1ccc(Cl)cc1)NCc1ccnc([C@@H]2CCCOC2)n1. The Bertz CT molecular complexity index is 700. The van der Waals surface area contributed by atoms with E-state index >= 15 is 0 Å². The number of benzene rings is 1. The van der Waals surface area contributed by atoms with Crippen LogP contribution in [0.2, 0.25) is 5.02 Å². The predicted molar refractivity (Wildman–Crippen MR) is 96.4 cm³/mol. The van der Waals surface area contributed by atoms with Gasteiger partial charge in [0.05, 0.1) is 18.8 Å². The fraction of sp³-hybridized carbons (Fsp3) is 0.421. The van der Waals surface area contributed by atoms with E-state index in [0.717, 1.165) is 36.5 Å². The molecule has 1 aromatic heterocycles. The Labute approximate surface area is 152 Å². The topological polar surface area (TPSA) is 64.1 Å². The number of hydrogen-bond donors (Lipinski definition) is 1. The first kappa shape index (κ1) is 17.8. The van der Waals surface area contributed by atoms with Crippen molar-refractivity contribution in [2.45, 2.75) is 38.1 Å². The summed E-state index contributed by atoms with van der Waals surface area (Å²) < 4.78 is 5.50. The minimum atomic E-state index is 0.0103. The van der Waals surface area contributed by atoms with E-state index < -0.39 is 0 Å². The summed E-state index contributed by atoms with van der Waals surface area (Å²) in [5, 5.41) is 3.63. The lowest BCUT2D eigenvalue weighted by Gasteiger charge is -2.20. The zero-order chi connectivity index (χ0) is 17.5. The molecule has 1 N–H and O–H groups in total. The first-order valence-corrected chi connectivity index (χ1v) is 8.99. The summed E-state index contributed by atoms with van der Waals surface area (Å²) in [7, 11) is 0. The van der Waals surface area contributed by atoms with Crippen LogP contribution in [-0.2, 0) is 22.5 Å². The number of nitrogens with one attached hydrogen (secondary N) is 1. The predicted octanol–water partition coefficient (Wildman–Crippen LogP) is 3.27. The quantitative estimate of drug-likeness (QED) is 0.859. The molecule has 0 saturated carbocycles. The van der Waals surface area contributed by atoms with Crippen LogP contribution in [0.15, 0.2) is 36.5 Å². The van der Waals surface area contributed by atoms with Crippen LogP contribution in [0, 0.1) is 0 Å². The first-order chi connectivity index (χ1) is 12.2. The van der Waals surface area contributed by atoms with Gasteiger partial charge in [-0.1, -0.05) is 23.7 Å². The Morgan fingerprint density at radius 2 is 2.12 bits per heavy atom. The smallest absolute Gasteiger partial charge is 0.220 e. The molecule has 1 amide bonds. The first-order valence-electron chi connectivity index (χ1n) is 8.61. The van der Waals surface area contributed by atoms with E-state index in [1.54, 1.807) is 6.20 Å². The van der Waals surface area contributed by atoms with Gasteiger partial charge in [0.15, 0.2) is 0 Å². The normalized spacial score (nSPS) is 17.2. The molecule has 0 unspecified atom stereocenters. The molecule has 25 heavy (non-hydrogen) atoms. The van der Waals surface area contributed by atoms with Crippen molar-refractivity contribution in [3.63, 3.8) is 0 Å². The maximum Gasteiger partial charge on any atom is 0.220 e. The maximum atomic E-state index is 12.0. The highest BCUT2D eigenvalue weighted by Gasteiger charge is 2.18. The maximum absolute atomic E-state index is 12.0. The summed E-state index contributed by atoms with van der Waals surface area (Å²) in [5.74, 6) is 1.08. The van der Waals surface area contributed by atoms with Gasteiger partial charge in [0, 0.05) is 30.2 Å². The summed E-state index contributed by atoms with van der Waals surface area (Å²) >= 11 is 5.86. The van der Waals surface area contributed by atoms with Crippen LogP contribution in [0.4, 0.5) is 0 Å². The van der Waals surface area contributed by atoms with Crippen LogP contribution >= 0.6 is 11.6 Å². The van der Waals surface area contributed by atoms with Crippen molar-refractivity contribution >= 4 is 17.5 Å². The van der Waals surface area contributed by atoms with Crippen molar-refractivity contribution in [2.24, 2.45) is 0 Å². The molecule has 132 valence electrons. The monoisotopic (exact) mass is 359 g/mol. The van der Waals surface area contributed by atoms with Gasteiger partial charge in [-0.3, -0.25) is 4.79 Å². The molecule has 0 radical (unpaired) electrons. The molecule has 6 heteroatoms. The summed E-state index contributed by atoms with van der Waals surface area (Å²) in [6.07, 6.45) is 4.98. The lowest BCUT2D eigenvalue weighted by molar-refractivity contribution is -0.121. The van der Waals surface area contributed by atoms with Gasteiger partial charge < -0.3 is 10.1 Å². The van der Waals surface area contributed by atoms with E-state index in [1.807, 2.05) is 30.3 Å². The molecule has 0 aliphatic carbocycles. The third-order valence-electron chi connectivity index (χ3n) is 4.28. The van der Waals surface area contributed by atoms with E-state index in [1.165, 1.54) is 0 Å². The van der Waals surface area contributed by atoms with Gasteiger partial charge in [-0.05, 0) is 43.0 Å². The molecule has 2 heterocycles. The van der Waals surface area contributed by atoms with E-state index in [4.69, 9.17) is 16.3 Å². The Morgan fingerprint density at radius 1 is 1.28 bits per heavy atom. The van der Waals surface area contributed by atoms with Gasteiger partial charge in [-0.15, -0.1) is 0 Å². The van der Waals surface area contributed by atoms with Gasteiger partial charge in [-0.2, -0.15) is 0 Å². The van der Waals surface area contributed by atoms with Gasteiger partial charge in [0.25, 0.3) is 0 Å². The molecule has 3 rings (SSSR count). The van der Waals surface area contributed by atoms with Gasteiger partial charge in [-0.25, -0.2) is 9.97 Å². The highest BCUT2D eigenvalue weighted by atomic mass is 35.5. The Balaban J connectivity index is 1.47. The average molecular weight is 360 g/mol. The van der Waals surface area contributed by atoms with E-state index in [-0.39, 0.29) is 11.8 Å². The third kappa shape index (κ3) is 5.51. The number of ether oxygens (including phenoxy) is 1. The molecule has 1 aliphatic rings. The highest BCUT2D eigenvalue weighted by molar-refractivity contribution is 6.30. The van der Waals surface area contributed by atoms with Crippen LogP contribution in [0.5, 0.6) is 0 Å². The summed E-state index contributed by atoms with van der Waals surface area (Å²) in [6.45, 7) is 1.92. The van der Waals surface area contributed by atoms with Crippen molar-refractivity contribution in [1.29, 1.82) is 0 Å². The minimum Gasteiger partial charge on any atom is -0.381 e. The second kappa shape index (κ2) is 8.92. The van der Waals surface area contributed by atoms with Crippen molar-refractivity contribution < 1.29 is 9.53 Å². The molecule has 1 aromatic carbocycles. The molecule has 5 nitrogen and oxygen atoms in total. The lowest BCUT2D eigenvalue weighted by Crippen LogP contribution is -2.24. The Hall–Kier alpha value is -1.98. The van der Waals surface area contributed by atoms with Crippen LogP contribution in [0.3, 0.4) is 0 Å². The number of hydrogen-bond acceptors (Lipinski definition) is 4. The zero-order valence-corrected chi connectivity index (χ0v) is 14.8. The van der Waals surface area contributed by atoms with Crippen molar-refractivity contribution in [2.75, 3.05) is 13.2 Å². The van der Waals surface area contributed by atoms with Crippen LogP contribution in [-0.4, -0.2) is 29.1 Å². The van der Waals surface area contributed by atoms with Gasteiger partial charge >= 0.3 is 0 Å². The fourth-order valence-electron chi connectivity index (χ4n) is 2.84. The van der Waals surface area contributed by atoms with Gasteiger partial charge in [0.1, 0.15) is 5.82 Å². The van der Waals surface area contributed by atoms with Gasteiger partial charge in [0.2, 0.25) is 5.91 Å². The highest BCUT2D eigenvalue weighted by Crippen LogP contribution is 2.22. The van der Waals surface area contributed by atoms with Crippen LogP contribution < -0.4 is 5.32 Å². The van der Waals surface area contributed by atoms with Crippen LogP contribution in [0.25, 0.3) is 0 Å². The van der Waals surface area contributed by atoms with Crippen molar-refractivity contribution in [1.82, 2.24) is 15.3 Å². The average Bonchev–Trinajstić information content (AvgIpc) is 2.67. The Kier molecular flexibility index (Phi) is 6.36.